The van der Waals surface area contributed by atoms with Gasteiger partial charge in [0.1, 0.15) is 17.1 Å². The van der Waals surface area contributed by atoms with Crippen molar-refractivity contribution in [3.8, 4) is 5.75 Å². The average Bonchev–Trinajstić information content (AvgIpc) is 2.59. The molecule has 0 saturated heterocycles. The highest BCUT2D eigenvalue weighted by Crippen LogP contribution is 2.23. The lowest BCUT2D eigenvalue weighted by Gasteiger charge is -2.20. The third-order valence-corrected chi connectivity index (χ3v) is 3.14. The zero-order valence-corrected chi connectivity index (χ0v) is 14.7. The fourth-order valence-corrected chi connectivity index (χ4v) is 2.02. The van der Waals surface area contributed by atoms with Crippen molar-refractivity contribution in [3.63, 3.8) is 0 Å². The smallest absolute Gasteiger partial charge is 0.426 e. The van der Waals surface area contributed by atoms with Gasteiger partial charge >= 0.3 is 6.09 Å². The minimum absolute atomic E-state index is 0.0753. The second-order valence-electron chi connectivity index (χ2n) is 6.45. The van der Waals surface area contributed by atoms with E-state index in [4.69, 9.17) is 9.47 Å². The van der Waals surface area contributed by atoms with E-state index < -0.39 is 17.6 Å². The largest absolute Gasteiger partial charge is 0.460 e. The summed E-state index contributed by atoms with van der Waals surface area (Å²) in [6.45, 7) is 5.18. The number of ether oxygens (including phenoxy) is 2. The number of amides is 2. The second-order valence-corrected chi connectivity index (χ2v) is 6.45. The van der Waals surface area contributed by atoms with Gasteiger partial charge in [-0.3, -0.25) is 10.2 Å². The van der Waals surface area contributed by atoms with Crippen LogP contribution < -0.4 is 15.6 Å². The Kier molecular flexibility index (Phi) is 6.05. The lowest BCUT2D eigenvalue weighted by molar-refractivity contribution is -0.118. The average molecular weight is 360 g/mol. The third-order valence-electron chi connectivity index (χ3n) is 3.14. The van der Waals surface area contributed by atoms with Gasteiger partial charge in [-0.05, 0) is 50.6 Å². The molecule has 0 bridgehead atoms. The van der Waals surface area contributed by atoms with E-state index in [0.29, 0.717) is 29.9 Å². The normalized spacial score (nSPS) is 13.8. The molecule has 0 unspecified atom stereocenters. The van der Waals surface area contributed by atoms with Gasteiger partial charge < -0.3 is 9.47 Å². The van der Waals surface area contributed by atoms with Crippen LogP contribution in [0.2, 0.25) is 0 Å². The summed E-state index contributed by atoms with van der Waals surface area (Å²) in [5.41, 5.74) is 4.34. The van der Waals surface area contributed by atoms with Crippen molar-refractivity contribution < 1.29 is 19.1 Å². The number of pyridine rings is 1. The number of rotatable bonds is 4. The van der Waals surface area contributed by atoms with E-state index in [0.717, 1.165) is 0 Å². The van der Waals surface area contributed by atoms with Gasteiger partial charge in [-0.1, -0.05) is 6.08 Å². The van der Waals surface area contributed by atoms with E-state index in [1.807, 2.05) is 0 Å². The van der Waals surface area contributed by atoms with Crippen molar-refractivity contribution >= 4 is 17.8 Å². The predicted molar refractivity (Wildman–Crippen MR) is 93.2 cm³/mol. The molecular formula is C17H20N4O5. The topological polar surface area (TPSA) is 119 Å². The van der Waals surface area contributed by atoms with Crippen LogP contribution in [0.1, 0.15) is 33.6 Å². The van der Waals surface area contributed by atoms with Crippen LogP contribution in [0.15, 0.2) is 47.0 Å². The number of hydrogen-bond donors (Lipinski definition) is 2. The number of hydrogen-bond acceptors (Lipinski definition) is 7. The van der Waals surface area contributed by atoms with Crippen LogP contribution in [-0.2, 0) is 9.53 Å². The molecule has 9 nitrogen and oxygen atoms in total. The Labute approximate surface area is 150 Å². The van der Waals surface area contributed by atoms with Crippen LogP contribution in [0.3, 0.4) is 0 Å². The fraction of sp³-hybridized carbons (Fsp3) is 0.353. The molecule has 1 aromatic rings. The molecule has 138 valence electrons. The van der Waals surface area contributed by atoms with Crippen LogP contribution in [0.25, 0.3) is 0 Å². The lowest BCUT2D eigenvalue weighted by atomic mass is 10.0. The second kappa shape index (κ2) is 8.24. The first-order chi connectivity index (χ1) is 12.3. The van der Waals surface area contributed by atoms with Crippen molar-refractivity contribution in [1.29, 1.82) is 0 Å². The highest BCUT2D eigenvalue weighted by atomic mass is 16.6. The third kappa shape index (κ3) is 6.00. The van der Waals surface area contributed by atoms with E-state index in [9.17, 15) is 14.5 Å². The molecule has 1 heterocycles. The summed E-state index contributed by atoms with van der Waals surface area (Å²) in [5, 5.41) is 2.71. The first-order valence-corrected chi connectivity index (χ1v) is 7.93. The number of hydrazine groups is 1. The molecule has 2 amide bonds. The number of aromatic nitrogens is 1. The highest BCUT2D eigenvalue weighted by molar-refractivity contribution is 5.94. The van der Waals surface area contributed by atoms with E-state index >= 15 is 0 Å². The predicted octanol–water partition coefficient (Wildman–Crippen LogP) is 3.02. The molecule has 0 saturated carbocycles. The number of carbonyl (C=O) groups is 2. The minimum Gasteiger partial charge on any atom is -0.460 e. The number of nitrogens with one attached hydrogen (secondary N) is 2. The fourth-order valence-electron chi connectivity index (χ4n) is 2.02. The summed E-state index contributed by atoms with van der Waals surface area (Å²) < 4.78 is 10.7. The van der Waals surface area contributed by atoms with Crippen LogP contribution in [0.5, 0.6) is 5.75 Å². The van der Waals surface area contributed by atoms with Crippen LogP contribution in [0.4, 0.5) is 10.6 Å². The van der Waals surface area contributed by atoms with Gasteiger partial charge in [0.2, 0.25) is 0 Å². The molecule has 1 aliphatic carbocycles. The molecule has 0 radical (unpaired) electrons. The molecule has 1 aliphatic rings. The van der Waals surface area contributed by atoms with Crippen LogP contribution >= 0.6 is 0 Å². The molecule has 0 aliphatic heterocycles. The van der Waals surface area contributed by atoms with Crippen molar-refractivity contribution in [2.45, 2.75) is 39.2 Å². The van der Waals surface area contributed by atoms with Crippen LogP contribution in [-0.4, -0.2) is 22.6 Å². The molecule has 0 aromatic carbocycles. The quantitative estimate of drug-likeness (QED) is 0.629. The van der Waals surface area contributed by atoms with E-state index in [1.165, 1.54) is 12.3 Å². The molecule has 1 aromatic heterocycles. The molecule has 26 heavy (non-hydrogen) atoms. The number of allylic oxidation sites excluding steroid dienone is 3. The van der Waals surface area contributed by atoms with Gasteiger partial charge in [0.15, 0.2) is 5.82 Å². The molecule has 9 heteroatoms. The molecule has 0 spiro atoms. The molecular weight excluding hydrogens is 340 g/mol. The van der Waals surface area contributed by atoms with Crippen molar-refractivity contribution in [2.75, 3.05) is 0 Å². The summed E-state index contributed by atoms with van der Waals surface area (Å²) in [6.07, 6.45) is 4.88. The summed E-state index contributed by atoms with van der Waals surface area (Å²) in [7, 11) is 0. The zero-order chi connectivity index (χ0) is 19.2. The first-order valence-electron chi connectivity index (χ1n) is 7.93. The summed E-state index contributed by atoms with van der Waals surface area (Å²) in [5.74, 6) is 0.771. The van der Waals surface area contributed by atoms with E-state index in [1.54, 1.807) is 39.0 Å². The standard InChI is InChI=1S/C17H20N4O5/c1-17(2,3)26-16(23)20-19-15(22)11-4-6-12(7-5-11)25-13-8-9-14(21-24)18-10-13/h4,6,8-10H,5,7H2,1-3H3,(H,19,22)(H,20,23). The Morgan fingerprint density at radius 2 is 1.92 bits per heavy atom. The van der Waals surface area contributed by atoms with Gasteiger partial charge in [0.05, 0.1) is 6.20 Å². The Morgan fingerprint density at radius 3 is 2.46 bits per heavy atom. The summed E-state index contributed by atoms with van der Waals surface area (Å²) in [4.78, 5) is 37.7. The highest BCUT2D eigenvalue weighted by Gasteiger charge is 2.18. The molecule has 2 N–H and O–H groups in total. The van der Waals surface area contributed by atoms with E-state index in [2.05, 4.69) is 21.0 Å². The van der Waals surface area contributed by atoms with Crippen molar-refractivity contribution in [2.24, 2.45) is 5.18 Å². The summed E-state index contributed by atoms with van der Waals surface area (Å²) >= 11 is 0. The van der Waals surface area contributed by atoms with Crippen molar-refractivity contribution in [3.05, 3.63) is 46.7 Å². The number of carbonyl (C=O) groups excluding carboxylic acids is 2. The van der Waals surface area contributed by atoms with Gasteiger partial charge in [0, 0.05) is 12.0 Å². The maximum absolute atomic E-state index is 12.0. The first kappa shape index (κ1) is 19.1. The molecule has 2 rings (SSSR count). The van der Waals surface area contributed by atoms with Gasteiger partial charge in [-0.2, -0.15) is 0 Å². The maximum Gasteiger partial charge on any atom is 0.426 e. The number of nitrogens with zero attached hydrogens (tertiary/aromatic N) is 2. The Bertz CT molecular complexity index is 747. The van der Waals surface area contributed by atoms with E-state index in [-0.39, 0.29) is 5.82 Å². The maximum atomic E-state index is 12.0. The summed E-state index contributed by atoms with van der Waals surface area (Å²) in [6, 6.07) is 3.03. The SMILES string of the molecule is CC(C)(C)OC(=O)NNC(=O)C1=CC=C(Oc2ccc(N=O)nc2)CC1. The Hall–Kier alpha value is -3.23. The van der Waals surface area contributed by atoms with Gasteiger partial charge in [-0.25, -0.2) is 15.2 Å². The van der Waals surface area contributed by atoms with Gasteiger partial charge in [0.25, 0.3) is 5.91 Å². The van der Waals surface area contributed by atoms with Crippen molar-refractivity contribution in [1.82, 2.24) is 15.8 Å². The monoisotopic (exact) mass is 360 g/mol. The Balaban J connectivity index is 1.87. The van der Waals surface area contributed by atoms with Gasteiger partial charge in [-0.15, -0.1) is 4.91 Å². The Morgan fingerprint density at radius 1 is 1.15 bits per heavy atom. The molecule has 0 fully saturated rings. The zero-order valence-electron chi connectivity index (χ0n) is 14.7. The molecule has 0 atom stereocenters. The number of nitroso groups, excluding NO2 is 1. The van der Waals surface area contributed by atoms with Crippen LogP contribution in [0, 0.1) is 4.91 Å². The lowest BCUT2D eigenvalue weighted by Crippen LogP contribution is -2.44. The minimum atomic E-state index is -0.734.